The van der Waals surface area contributed by atoms with Crippen LogP contribution in [-0.4, -0.2) is 4.57 Å². The average molecular weight is 316 g/mol. The molecule has 90 valence electrons. The molecule has 2 aromatic rings. The minimum Gasteiger partial charge on any atom is -0.299 e. The van der Waals surface area contributed by atoms with Gasteiger partial charge >= 0.3 is 4.87 Å². The predicted molar refractivity (Wildman–Crippen MR) is 71.3 cm³/mol. The lowest BCUT2D eigenvalue weighted by Gasteiger charge is -2.06. The summed E-state index contributed by atoms with van der Waals surface area (Å²) in [6.45, 7) is 4.06. The molecule has 0 saturated heterocycles. The molecule has 0 unspecified atom stereocenters. The molecule has 0 fully saturated rings. The fourth-order valence-corrected chi connectivity index (χ4v) is 2.75. The van der Waals surface area contributed by atoms with E-state index in [-0.39, 0.29) is 17.2 Å². The third-order valence-corrected chi connectivity index (χ3v) is 4.21. The van der Waals surface area contributed by atoms with E-state index in [1.165, 1.54) is 17.4 Å². The number of nitrogens with zero attached hydrogens (tertiary/aromatic N) is 1. The number of thiazole rings is 1. The van der Waals surface area contributed by atoms with Crippen molar-refractivity contribution in [1.29, 1.82) is 0 Å². The van der Waals surface area contributed by atoms with Crippen LogP contribution in [0.1, 0.15) is 16.1 Å². The highest BCUT2D eigenvalue weighted by molar-refractivity contribution is 9.10. The van der Waals surface area contributed by atoms with E-state index < -0.39 is 0 Å². The highest BCUT2D eigenvalue weighted by atomic mass is 79.9. The first-order valence-corrected chi connectivity index (χ1v) is 6.70. The van der Waals surface area contributed by atoms with Crippen LogP contribution in [0.2, 0.25) is 0 Å². The minimum atomic E-state index is -0.297. The van der Waals surface area contributed by atoms with E-state index in [1.807, 2.05) is 13.8 Å². The van der Waals surface area contributed by atoms with Crippen molar-refractivity contribution in [3.63, 3.8) is 0 Å². The molecule has 1 aromatic heterocycles. The van der Waals surface area contributed by atoms with Crippen molar-refractivity contribution in [3.8, 4) is 0 Å². The largest absolute Gasteiger partial charge is 0.307 e. The lowest BCUT2D eigenvalue weighted by Crippen LogP contribution is -2.16. The number of aryl methyl sites for hydroxylation is 1. The summed E-state index contributed by atoms with van der Waals surface area (Å²) in [5.41, 5.74) is 1.43. The number of aromatic nitrogens is 1. The van der Waals surface area contributed by atoms with Crippen LogP contribution < -0.4 is 4.87 Å². The van der Waals surface area contributed by atoms with Crippen LogP contribution in [0.3, 0.4) is 0 Å². The van der Waals surface area contributed by atoms with E-state index in [0.29, 0.717) is 10.0 Å². The summed E-state index contributed by atoms with van der Waals surface area (Å²) in [6, 6.07) is 4.88. The Labute approximate surface area is 111 Å². The molecule has 0 amide bonds. The van der Waals surface area contributed by atoms with Crippen molar-refractivity contribution in [2.45, 2.75) is 20.4 Å². The van der Waals surface area contributed by atoms with E-state index in [2.05, 4.69) is 15.9 Å². The number of hydrogen-bond acceptors (Lipinski definition) is 2. The minimum absolute atomic E-state index is 0.0395. The average Bonchev–Trinajstić information content (AvgIpc) is 2.48. The van der Waals surface area contributed by atoms with Crippen LogP contribution in [0.4, 0.5) is 4.39 Å². The molecule has 0 N–H and O–H groups in total. The Morgan fingerprint density at radius 1 is 1.41 bits per heavy atom. The standard InChI is InChI=1S/C12H11BrFNOS/c1-7-8(2)17-12(16)15(7)6-9-3-4-10(13)5-11(9)14/h3-5H,6H2,1-2H3. The van der Waals surface area contributed by atoms with Gasteiger partial charge in [-0.3, -0.25) is 9.36 Å². The smallest absolute Gasteiger partial charge is 0.299 e. The van der Waals surface area contributed by atoms with Crippen LogP contribution in [0.5, 0.6) is 0 Å². The monoisotopic (exact) mass is 315 g/mol. The number of halogens is 2. The quantitative estimate of drug-likeness (QED) is 0.831. The molecule has 5 heteroatoms. The lowest BCUT2D eigenvalue weighted by atomic mass is 10.2. The van der Waals surface area contributed by atoms with Gasteiger partial charge in [0.1, 0.15) is 5.82 Å². The Bertz CT molecular complexity index is 617. The second-order valence-corrected chi connectivity index (χ2v) is 5.91. The zero-order valence-corrected chi connectivity index (χ0v) is 11.9. The molecule has 17 heavy (non-hydrogen) atoms. The van der Waals surface area contributed by atoms with Gasteiger partial charge in [-0.05, 0) is 26.0 Å². The zero-order valence-electron chi connectivity index (χ0n) is 9.46. The van der Waals surface area contributed by atoms with Gasteiger partial charge in [0.05, 0.1) is 6.54 Å². The number of rotatable bonds is 2. The van der Waals surface area contributed by atoms with Crippen molar-refractivity contribution in [1.82, 2.24) is 4.57 Å². The van der Waals surface area contributed by atoms with Gasteiger partial charge in [0.25, 0.3) is 0 Å². The SMILES string of the molecule is Cc1sc(=O)n(Cc2ccc(Br)cc2F)c1C. The van der Waals surface area contributed by atoms with Crippen LogP contribution in [-0.2, 0) is 6.54 Å². The Balaban J connectivity index is 2.41. The Hall–Kier alpha value is -0.940. The van der Waals surface area contributed by atoms with E-state index >= 15 is 0 Å². The summed E-state index contributed by atoms with van der Waals surface area (Å²) in [5, 5.41) is 0. The fourth-order valence-electron chi connectivity index (χ4n) is 1.59. The highest BCUT2D eigenvalue weighted by Gasteiger charge is 2.10. The summed E-state index contributed by atoms with van der Waals surface area (Å²) in [4.78, 5) is 12.6. The molecule has 0 bridgehead atoms. The van der Waals surface area contributed by atoms with Gasteiger partial charge in [0.2, 0.25) is 0 Å². The maximum atomic E-state index is 13.7. The normalized spacial score (nSPS) is 10.8. The molecule has 0 spiro atoms. The molecule has 0 saturated carbocycles. The number of benzene rings is 1. The van der Waals surface area contributed by atoms with Crippen LogP contribution in [0.15, 0.2) is 27.5 Å². The second-order valence-electron chi connectivity index (χ2n) is 3.83. The van der Waals surface area contributed by atoms with Crippen LogP contribution in [0, 0.1) is 19.7 Å². The predicted octanol–water partition coefficient (Wildman–Crippen LogP) is 3.48. The van der Waals surface area contributed by atoms with E-state index in [4.69, 9.17) is 0 Å². The van der Waals surface area contributed by atoms with Gasteiger partial charge in [-0.25, -0.2) is 4.39 Å². The van der Waals surface area contributed by atoms with Gasteiger partial charge in [-0.15, -0.1) is 0 Å². The van der Waals surface area contributed by atoms with E-state index in [9.17, 15) is 9.18 Å². The third kappa shape index (κ3) is 2.50. The fraction of sp³-hybridized carbons (Fsp3) is 0.250. The Kier molecular flexibility index (Phi) is 3.49. The van der Waals surface area contributed by atoms with Gasteiger partial charge in [-0.2, -0.15) is 0 Å². The molecule has 2 nitrogen and oxygen atoms in total. The van der Waals surface area contributed by atoms with Gasteiger partial charge < -0.3 is 0 Å². The zero-order chi connectivity index (χ0) is 12.6. The molecule has 1 aromatic carbocycles. The Morgan fingerprint density at radius 2 is 2.12 bits per heavy atom. The summed E-state index contributed by atoms with van der Waals surface area (Å²) in [7, 11) is 0. The molecule has 1 heterocycles. The number of hydrogen-bond donors (Lipinski definition) is 0. The van der Waals surface area contributed by atoms with Crippen molar-refractivity contribution in [2.24, 2.45) is 0 Å². The summed E-state index contributed by atoms with van der Waals surface area (Å²) < 4.78 is 16.0. The van der Waals surface area contributed by atoms with Crippen molar-refractivity contribution >= 4 is 27.3 Å². The first kappa shape index (κ1) is 12.5. The van der Waals surface area contributed by atoms with Gasteiger partial charge in [-0.1, -0.05) is 33.3 Å². The topological polar surface area (TPSA) is 22.0 Å². The molecule has 0 aliphatic rings. The molecular weight excluding hydrogens is 305 g/mol. The molecule has 2 rings (SSSR count). The second kappa shape index (κ2) is 4.74. The van der Waals surface area contributed by atoms with E-state index in [0.717, 1.165) is 10.6 Å². The van der Waals surface area contributed by atoms with E-state index in [1.54, 1.807) is 16.7 Å². The van der Waals surface area contributed by atoms with Crippen molar-refractivity contribution < 1.29 is 4.39 Å². The molecule has 0 radical (unpaired) electrons. The third-order valence-electron chi connectivity index (χ3n) is 2.72. The highest BCUT2D eigenvalue weighted by Crippen LogP contribution is 2.17. The lowest BCUT2D eigenvalue weighted by molar-refractivity contribution is 0.595. The van der Waals surface area contributed by atoms with Gasteiger partial charge in [0, 0.05) is 20.6 Å². The van der Waals surface area contributed by atoms with Crippen LogP contribution in [0.25, 0.3) is 0 Å². The van der Waals surface area contributed by atoms with Gasteiger partial charge in [0.15, 0.2) is 0 Å². The molecule has 0 atom stereocenters. The maximum absolute atomic E-state index is 13.7. The summed E-state index contributed by atoms with van der Waals surface area (Å²) in [5.74, 6) is -0.297. The first-order valence-electron chi connectivity index (χ1n) is 5.10. The molecule has 0 aliphatic carbocycles. The van der Waals surface area contributed by atoms with Crippen molar-refractivity contribution in [3.05, 3.63) is 54.3 Å². The Morgan fingerprint density at radius 3 is 2.65 bits per heavy atom. The molecule has 0 aliphatic heterocycles. The summed E-state index contributed by atoms with van der Waals surface area (Å²) >= 11 is 4.41. The molecular formula is C12H11BrFNOS. The van der Waals surface area contributed by atoms with Crippen molar-refractivity contribution in [2.75, 3.05) is 0 Å². The first-order chi connectivity index (χ1) is 7.99. The maximum Gasteiger partial charge on any atom is 0.307 e. The van der Waals surface area contributed by atoms with Crippen LogP contribution >= 0.6 is 27.3 Å². The summed E-state index contributed by atoms with van der Waals surface area (Å²) in [6.07, 6.45) is 0.